The maximum absolute atomic E-state index is 12.5. The largest absolute Gasteiger partial charge is 0.467 e. The Morgan fingerprint density at radius 3 is 2.48 bits per heavy atom. The first-order valence-corrected chi connectivity index (χ1v) is 9.72. The van der Waals surface area contributed by atoms with Crippen LogP contribution in [0.25, 0.3) is 0 Å². The number of benzene rings is 1. The SMILES string of the molecule is CC(C)[C@H](NS(=O)(=O)c1ccc(Cl)c(Cl)c1)C(=O)NCc1ccco1. The second-order valence-electron chi connectivity index (χ2n) is 5.72. The summed E-state index contributed by atoms with van der Waals surface area (Å²) >= 11 is 11.7. The van der Waals surface area contributed by atoms with E-state index in [1.807, 2.05) is 0 Å². The third-order valence-electron chi connectivity index (χ3n) is 3.45. The molecule has 0 aliphatic rings. The second-order valence-corrected chi connectivity index (χ2v) is 8.24. The van der Waals surface area contributed by atoms with Crippen molar-refractivity contribution in [3.63, 3.8) is 0 Å². The monoisotopic (exact) mass is 404 g/mol. The molecule has 0 bridgehead atoms. The Balaban J connectivity index is 2.13. The molecule has 2 aromatic rings. The van der Waals surface area contributed by atoms with Gasteiger partial charge in [-0.15, -0.1) is 0 Å². The Labute approximate surface area is 156 Å². The average Bonchev–Trinajstić information content (AvgIpc) is 3.06. The van der Waals surface area contributed by atoms with E-state index in [9.17, 15) is 13.2 Å². The Bertz CT molecular complexity index is 836. The predicted molar refractivity (Wildman–Crippen MR) is 96.0 cm³/mol. The van der Waals surface area contributed by atoms with E-state index in [0.717, 1.165) is 0 Å². The van der Waals surface area contributed by atoms with Gasteiger partial charge in [0.15, 0.2) is 0 Å². The molecule has 0 aliphatic carbocycles. The number of sulfonamides is 1. The fraction of sp³-hybridized carbons (Fsp3) is 0.312. The number of furan rings is 1. The van der Waals surface area contributed by atoms with Crippen molar-refractivity contribution >= 4 is 39.1 Å². The van der Waals surface area contributed by atoms with Crippen LogP contribution in [0.15, 0.2) is 45.9 Å². The number of rotatable bonds is 7. The van der Waals surface area contributed by atoms with Crippen LogP contribution in [0.2, 0.25) is 10.0 Å². The van der Waals surface area contributed by atoms with Gasteiger partial charge >= 0.3 is 0 Å². The summed E-state index contributed by atoms with van der Waals surface area (Å²) in [6.45, 7) is 3.66. The van der Waals surface area contributed by atoms with Gasteiger partial charge in [0.1, 0.15) is 11.8 Å². The lowest BCUT2D eigenvalue weighted by molar-refractivity contribution is -0.123. The van der Waals surface area contributed by atoms with E-state index in [4.69, 9.17) is 27.6 Å². The summed E-state index contributed by atoms with van der Waals surface area (Å²) in [5.41, 5.74) is 0. The van der Waals surface area contributed by atoms with Crippen molar-refractivity contribution in [1.82, 2.24) is 10.0 Å². The zero-order chi connectivity index (χ0) is 18.6. The average molecular weight is 405 g/mol. The Morgan fingerprint density at radius 2 is 1.92 bits per heavy atom. The first-order chi connectivity index (χ1) is 11.7. The molecule has 1 atom stereocenters. The Kier molecular flexibility index (Phi) is 6.51. The van der Waals surface area contributed by atoms with Crippen LogP contribution in [0.5, 0.6) is 0 Å². The van der Waals surface area contributed by atoms with Crippen LogP contribution in [0.3, 0.4) is 0 Å². The Morgan fingerprint density at radius 1 is 1.20 bits per heavy atom. The minimum Gasteiger partial charge on any atom is -0.467 e. The number of carbonyl (C=O) groups is 1. The van der Waals surface area contributed by atoms with Gasteiger partial charge in [-0.1, -0.05) is 37.0 Å². The fourth-order valence-electron chi connectivity index (χ4n) is 2.07. The lowest BCUT2D eigenvalue weighted by Gasteiger charge is -2.21. The van der Waals surface area contributed by atoms with Crippen molar-refractivity contribution < 1.29 is 17.6 Å². The van der Waals surface area contributed by atoms with Gasteiger partial charge in [0.05, 0.1) is 27.7 Å². The molecule has 0 unspecified atom stereocenters. The standard InChI is InChI=1S/C16H18Cl2N2O4S/c1-10(2)15(16(21)19-9-11-4-3-7-24-11)20-25(22,23)12-5-6-13(17)14(18)8-12/h3-8,10,15,20H,9H2,1-2H3,(H,19,21)/t15-/m0/s1. The van der Waals surface area contributed by atoms with Crippen LogP contribution in [-0.2, 0) is 21.4 Å². The van der Waals surface area contributed by atoms with Crippen LogP contribution in [0.4, 0.5) is 0 Å². The minimum atomic E-state index is -3.94. The zero-order valence-electron chi connectivity index (χ0n) is 13.6. The van der Waals surface area contributed by atoms with E-state index >= 15 is 0 Å². The number of hydrogen-bond donors (Lipinski definition) is 2. The number of carbonyl (C=O) groups excluding carboxylic acids is 1. The van der Waals surface area contributed by atoms with Gasteiger partial charge in [-0.2, -0.15) is 4.72 Å². The molecular formula is C16H18Cl2N2O4S. The molecule has 0 saturated heterocycles. The first-order valence-electron chi connectivity index (χ1n) is 7.48. The molecule has 25 heavy (non-hydrogen) atoms. The minimum absolute atomic E-state index is 0.0635. The van der Waals surface area contributed by atoms with Gasteiger partial charge in [-0.25, -0.2) is 8.42 Å². The van der Waals surface area contributed by atoms with Crippen molar-refractivity contribution in [2.24, 2.45) is 5.92 Å². The van der Waals surface area contributed by atoms with Gasteiger partial charge in [-0.05, 0) is 36.2 Å². The van der Waals surface area contributed by atoms with E-state index in [0.29, 0.717) is 5.76 Å². The predicted octanol–water partition coefficient (Wildman–Crippen LogP) is 3.21. The number of hydrogen-bond acceptors (Lipinski definition) is 4. The van der Waals surface area contributed by atoms with Crippen LogP contribution in [0, 0.1) is 5.92 Å². The van der Waals surface area contributed by atoms with Crippen molar-refractivity contribution in [3.8, 4) is 0 Å². The molecule has 136 valence electrons. The molecule has 2 N–H and O–H groups in total. The Hall–Kier alpha value is -1.54. The highest BCUT2D eigenvalue weighted by atomic mass is 35.5. The summed E-state index contributed by atoms with van der Waals surface area (Å²) in [7, 11) is -3.94. The number of amides is 1. The van der Waals surface area contributed by atoms with Gasteiger partial charge in [-0.3, -0.25) is 4.79 Å². The van der Waals surface area contributed by atoms with Crippen molar-refractivity contribution in [1.29, 1.82) is 0 Å². The molecule has 0 saturated carbocycles. The van der Waals surface area contributed by atoms with E-state index in [-0.39, 0.29) is 27.4 Å². The van der Waals surface area contributed by atoms with E-state index < -0.39 is 22.0 Å². The molecule has 1 aromatic carbocycles. The van der Waals surface area contributed by atoms with Crippen LogP contribution >= 0.6 is 23.2 Å². The molecule has 6 nitrogen and oxygen atoms in total. The highest BCUT2D eigenvalue weighted by molar-refractivity contribution is 7.89. The maximum atomic E-state index is 12.5. The van der Waals surface area contributed by atoms with Gasteiger partial charge in [0, 0.05) is 0 Å². The van der Waals surface area contributed by atoms with Gasteiger partial charge < -0.3 is 9.73 Å². The van der Waals surface area contributed by atoms with Crippen LogP contribution in [-0.4, -0.2) is 20.4 Å². The lowest BCUT2D eigenvalue weighted by atomic mass is 10.1. The second kappa shape index (κ2) is 8.23. The third kappa shape index (κ3) is 5.22. The maximum Gasteiger partial charge on any atom is 0.241 e. The molecule has 2 rings (SSSR count). The number of nitrogens with one attached hydrogen (secondary N) is 2. The van der Waals surface area contributed by atoms with Gasteiger partial charge in [0.25, 0.3) is 0 Å². The smallest absolute Gasteiger partial charge is 0.241 e. The highest BCUT2D eigenvalue weighted by Gasteiger charge is 2.28. The van der Waals surface area contributed by atoms with Crippen LogP contribution in [0.1, 0.15) is 19.6 Å². The van der Waals surface area contributed by atoms with Crippen molar-refractivity contribution in [2.75, 3.05) is 0 Å². The summed E-state index contributed by atoms with van der Waals surface area (Å²) in [4.78, 5) is 12.3. The van der Waals surface area contributed by atoms with Crippen LogP contribution < -0.4 is 10.0 Å². The molecule has 0 aliphatic heterocycles. The topological polar surface area (TPSA) is 88.4 Å². The summed E-state index contributed by atoms with van der Waals surface area (Å²) in [5.74, 6) is -0.146. The zero-order valence-corrected chi connectivity index (χ0v) is 16.0. The quantitative estimate of drug-likeness (QED) is 0.741. The molecule has 0 fully saturated rings. The van der Waals surface area contributed by atoms with Crippen molar-refractivity contribution in [3.05, 3.63) is 52.4 Å². The molecule has 1 aromatic heterocycles. The van der Waals surface area contributed by atoms with E-state index in [2.05, 4.69) is 10.0 Å². The summed E-state index contributed by atoms with van der Waals surface area (Å²) in [5, 5.41) is 3.02. The highest BCUT2D eigenvalue weighted by Crippen LogP contribution is 2.25. The first kappa shape index (κ1) is 19.8. The molecule has 1 heterocycles. The summed E-state index contributed by atoms with van der Waals surface area (Å²) in [6, 6.07) is 6.42. The summed E-state index contributed by atoms with van der Waals surface area (Å²) < 4.78 is 32.6. The van der Waals surface area contributed by atoms with E-state index in [1.165, 1.54) is 24.5 Å². The molecule has 0 spiro atoms. The van der Waals surface area contributed by atoms with E-state index in [1.54, 1.807) is 26.0 Å². The fourth-order valence-corrected chi connectivity index (χ4v) is 3.80. The molecule has 1 amide bonds. The molecule has 0 radical (unpaired) electrons. The lowest BCUT2D eigenvalue weighted by Crippen LogP contribution is -2.49. The molecule has 9 heteroatoms. The third-order valence-corrected chi connectivity index (χ3v) is 5.63. The van der Waals surface area contributed by atoms with Crippen molar-refractivity contribution in [2.45, 2.75) is 31.3 Å². The normalized spacial score (nSPS) is 13.0. The number of halogens is 2. The van der Waals surface area contributed by atoms with Gasteiger partial charge in [0.2, 0.25) is 15.9 Å². The molecular weight excluding hydrogens is 387 g/mol. The summed E-state index contributed by atoms with van der Waals surface area (Å²) in [6.07, 6.45) is 1.49.